The van der Waals surface area contributed by atoms with Crippen LogP contribution in [0.4, 0.5) is 9.93 Å². The van der Waals surface area contributed by atoms with Crippen molar-refractivity contribution in [2.24, 2.45) is 0 Å². The summed E-state index contributed by atoms with van der Waals surface area (Å²) in [6, 6.07) is 4.77. The molecule has 0 saturated heterocycles. The maximum absolute atomic E-state index is 12.7. The predicted octanol–water partition coefficient (Wildman–Crippen LogP) is 5.86. The number of aromatic nitrogens is 1. The van der Waals surface area contributed by atoms with Crippen LogP contribution in [0.5, 0.6) is 0 Å². The lowest BCUT2D eigenvalue weighted by atomic mass is 9.97. The number of rotatable bonds is 9. The quantitative estimate of drug-likeness (QED) is 0.414. The van der Waals surface area contributed by atoms with Crippen molar-refractivity contribution >= 4 is 34.3 Å². The predicted molar refractivity (Wildman–Crippen MR) is 141 cm³/mol. The molecule has 2 aromatic rings. The molecule has 2 N–H and O–H groups in total. The van der Waals surface area contributed by atoms with Gasteiger partial charge in [0.15, 0.2) is 10.9 Å². The third-order valence-electron chi connectivity index (χ3n) is 4.38. The van der Waals surface area contributed by atoms with Gasteiger partial charge in [-0.05, 0) is 45.7 Å². The number of alkyl carbamates (subject to hydrolysis) is 1. The first-order chi connectivity index (χ1) is 16.4. The van der Waals surface area contributed by atoms with Gasteiger partial charge in [-0.2, -0.15) is 0 Å². The normalized spacial score (nSPS) is 11.7. The number of aryl methyl sites for hydroxylation is 1. The van der Waals surface area contributed by atoms with Gasteiger partial charge in [0.1, 0.15) is 11.6 Å². The van der Waals surface area contributed by atoms with Gasteiger partial charge in [0, 0.05) is 23.6 Å². The third-order valence-corrected chi connectivity index (χ3v) is 5.14. The Morgan fingerprint density at radius 2 is 1.80 bits per heavy atom. The molecule has 0 radical (unpaired) electrons. The standard InChI is InChI=1S/C23H31N3O5S.C3H8/c1-7-8-15-9-10-16(11-17(15)14(2)27)19-13-32-21(24-19)26-20(28)18(12-30-6)25-22(29)31-23(3,4)5;1-3-2/h9-11,13,18H,7-8,12H2,1-6H3,(H,25,29)(H,24,26,28);3H2,1-2H3. The molecule has 1 aromatic heterocycles. The zero-order valence-electron chi connectivity index (χ0n) is 22.1. The molecule has 0 aliphatic carbocycles. The summed E-state index contributed by atoms with van der Waals surface area (Å²) in [5.41, 5.74) is 2.47. The number of thiazole rings is 1. The topological polar surface area (TPSA) is 107 Å². The van der Waals surface area contributed by atoms with Crippen LogP contribution in [0, 0.1) is 0 Å². The Labute approximate surface area is 212 Å². The number of nitrogens with one attached hydrogen (secondary N) is 2. The van der Waals surface area contributed by atoms with E-state index >= 15 is 0 Å². The van der Waals surface area contributed by atoms with Crippen LogP contribution in [0.1, 0.15) is 77.2 Å². The van der Waals surface area contributed by atoms with E-state index < -0.39 is 23.6 Å². The molecule has 0 fully saturated rings. The lowest BCUT2D eigenvalue weighted by molar-refractivity contribution is -0.119. The molecule has 8 nitrogen and oxygen atoms in total. The molecule has 1 unspecified atom stereocenters. The first-order valence-electron chi connectivity index (χ1n) is 11.8. The van der Waals surface area contributed by atoms with Gasteiger partial charge in [-0.3, -0.25) is 9.59 Å². The third kappa shape index (κ3) is 10.6. The monoisotopic (exact) mass is 505 g/mol. The van der Waals surface area contributed by atoms with E-state index in [9.17, 15) is 14.4 Å². The van der Waals surface area contributed by atoms with Crippen molar-refractivity contribution in [3.05, 3.63) is 34.7 Å². The summed E-state index contributed by atoms with van der Waals surface area (Å²) in [4.78, 5) is 41.2. The summed E-state index contributed by atoms with van der Waals surface area (Å²) in [7, 11) is 1.44. The number of nitrogens with zero attached hydrogens (tertiary/aromatic N) is 1. The number of amides is 2. The number of ketones is 1. The number of carbonyl (C=O) groups excluding carboxylic acids is 3. The zero-order valence-corrected chi connectivity index (χ0v) is 22.9. The Hall–Kier alpha value is -2.78. The molecular formula is C26H39N3O5S. The van der Waals surface area contributed by atoms with E-state index in [-0.39, 0.29) is 12.4 Å². The Kier molecular flexibility index (Phi) is 12.6. The summed E-state index contributed by atoms with van der Waals surface area (Å²) in [5.74, 6) is -0.462. The highest BCUT2D eigenvalue weighted by molar-refractivity contribution is 7.14. The molecule has 0 aliphatic rings. The number of Topliss-reactive ketones (excluding diaryl/α,β-unsaturated/α-hetero) is 1. The Balaban J connectivity index is 0.00000194. The van der Waals surface area contributed by atoms with Gasteiger partial charge < -0.3 is 20.1 Å². The van der Waals surface area contributed by atoms with Crippen molar-refractivity contribution in [1.82, 2.24) is 10.3 Å². The Morgan fingerprint density at radius 1 is 1.14 bits per heavy atom. The highest BCUT2D eigenvalue weighted by Gasteiger charge is 2.25. The first kappa shape index (κ1) is 30.3. The lowest BCUT2D eigenvalue weighted by Gasteiger charge is -2.22. The van der Waals surface area contributed by atoms with Crippen LogP contribution in [0.3, 0.4) is 0 Å². The van der Waals surface area contributed by atoms with E-state index in [0.717, 1.165) is 24.0 Å². The van der Waals surface area contributed by atoms with Crippen LogP contribution in [-0.2, 0) is 20.7 Å². The molecule has 2 rings (SSSR count). The van der Waals surface area contributed by atoms with Gasteiger partial charge in [0.2, 0.25) is 0 Å². The summed E-state index contributed by atoms with van der Waals surface area (Å²) in [6.45, 7) is 13.1. The molecule has 194 valence electrons. The molecule has 0 aliphatic heterocycles. The number of hydrogen-bond donors (Lipinski definition) is 2. The van der Waals surface area contributed by atoms with Crippen molar-refractivity contribution in [2.45, 2.75) is 79.4 Å². The SMILES string of the molecule is CCC.CCCc1ccc(-c2csc(NC(=O)C(COC)NC(=O)OC(C)(C)C)n2)cc1C(C)=O. The summed E-state index contributed by atoms with van der Waals surface area (Å²) < 4.78 is 10.3. The van der Waals surface area contributed by atoms with E-state index in [1.54, 1.807) is 33.1 Å². The minimum absolute atomic E-state index is 0.00896. The van der Waals surface area contributed by atoms with E-state index in [1.165, 1.54) is 24.9 Å². The van der Waals surface area contributed by atoms with Gasteiger partial charge >= 0.3 is 6.09 Å². The largest absolute Gasteiger partial charge is 0.444 e. The summed E-state index contributed by atoms with van der Waals surface area (Å²) in [6.07, 6.45) is 2.32. The number of hydrogen-bond acceptors (Lipinski definition) is 7. The molecule has 1 atom stereocenters. The minimum Gasteiger partial charge on any atom is -0.444 e. The number of anilines is 1. The maximum Gasteiger partial charge on any atom is 0.408 e. The van der Waals surface area contributed by atoms with E-state index in [2.05, 4.69) is 36.4 Å². The highest BCUT2D eigenvalue weighted by Crippen LogP contribution is 2.27. The molecule has 2 amide bonds. The molecule has 1 aromatic carbocycles. The van der Waals surface area contributed by atoms with Gasteiger partial charge in [-0.25, -0.2) is 9.78 Å². The Morgan fingerprint density at radius 3 is 2.34 bits per heavy atom. The van der Waals surface area contributed by atoms with Crippen molar-refractivity contribution < 1.29 is 23.9 Å². The highest BCUT2D eigenvalue weighted by atomic mass is 32.1. The molecule has 0 saturated carbocycles. The van der Waals surface area contributed by atoms with Crippen LogP contribution in [0.2, 0.25) is 0 Å². The average Bonchev–Trinajstić information content (AvgIpc) is 3.21. The number of carbonyl (C=O) groups is 3. The molecule has 1 heterocycles. The average molecular weight is 506 g/mol. The fourth-order valence-corrected chi connectivity index (χ4v) is 3.73. The number of ether oxygens (including phenoxy) is 2. The van der Waals surface area contributed by atoms with Crippen LogP contribution >= 0.6 is 11.3 Å². The van der Waals surface area contributed by atoms with Gasteiger partial charge in [-0.1, -0.05) is 45.7 Å². The second-order valence-corrected chi connectivity index (χ2v) is 9.92. The van der Waals surface area contributed by atoms with Crippen molar-refractivity contribution in [2.75, 3.05) is 19.0 Å². The molecule has 0 bridgehead atoms. The van der Waals surface area contributed by atoms with Gasteiger partial charge in [0.25, 0.3) is 5.91 Å². The van der Waals surface area contributed by atoms with Crippen molar-refractivity contribution in [3.63, 3.8) is 0 Å². The smallest absolute Gasteiger partial charge is 0.408 e. The molecule has 0 spiro atoms. The second-order valence-electron chi connectivity index (χ2n) is 9.07. The summed E-state index contributed by atoms with van der Waals surface area (Å²) in [5, 5.41) is 7.40. The molecule has 35 heavy (non-hydrogen) atoms. The zero-order chi connectivity index (χ0) is 26.6. The Bertz CT molecular complexity index is 982. The molecule has 9 heteroatoms. The van der Waals surface area contributed by atoms with Crippen LogP contribution in [0.25, 0.3) is 11.3 Å². The van der Waals surface area contributed by atoms with E-state index in [4.69, 9.17) is 9.47 Å². The number of benzene rings is 1. The maximum atomic E-state index is 12.7. The minimum atomic E-state index is -0.945. The fraction of sp³-hybridized carbons (Fsp3) is 0.538. The van der Waals surface area contributed by atoms with Gasteiger partial charge in [0.05, 0.1) is 12.3 Å². The second kappa shape index (κ2) is 14.6. The van der Waals surface area contributed by atoms with E-state index in [1.807, 2.05) is 18.2 Å². The lowest BCUT2D eigenvalue weighted by Crippen LogP contribution is -2.48. The van der Waals surface area contributed by atoms with Crippen LogP contribution in [-0.4, -0.2) is 48.1 Å². The fourth-order valence-electron chi connectivity index (χ4n) is 3.01. The van der Waals surface area contributed by atoms with Crippen LogP contribution < -0.4 is 10.6 Å². The number of methoxy groups -OCH3 is 1. The first-order valence-corrected chi connectivity index (χ1v) is 12.7. The molecular weight excluding hydrogens is 466 g/mol. The van der Waals surface area contributed by atoms with E-state index in [0.29, 0.717) is 16.4 Å². The van der Waals surface area contributed by atoms with Crippen molar-refractivity contribution in [1.29, 1.82) is 0 Å². The summed E-state index contributed by atoms with van der Waals surface area (Å²) >= 11 is 1.25. The van der Waals surface area contributed by atoms with Gasteiger partial charge in [-0.15, -0.1) is 11.3 Å². The van der Waals surface area contributed by atoms with Crippen LogP contribution in [0.15, 0.2) is 23.6 Å². The van der Waals surface area contributed by atoms with Crippen molar-refractivity contribution in [3.8, 4) is 11.3 Å².